The number of aromatic nitrogens is 2. The van der Waals surface area contributed by atoms with Crippen molar-refractivity contribution in [2.24, 2.45) is 11.8 Å². The lowest BCUT2D eigenvalue weighted by molar-refractivity contribution is -0.147. The maximum absolute atomic E-state index is 12.2. The fourth-order valence-corrected chi connectivity index (χ4v) is 2.78. The molecule has 1 aliphatic rings. The van der Waals surface area contributed by atoms with E-state index in [2.05, 4.69) is 22.4 Å². The number of nitrogens with one attached hydrogen (secondary N) is 2. The Hall–Kier alpha value is -1.85. The van der Waals surface area contributed by atoms with E-state index >= 15 is 0 Å². The van der Waals surface area contributed by atoms with Gasteiger partial charge in [-0.1, -0.05) is 26.2 Å². The minimum Gasteiger partial charge on any atom is -0.481 e. The number of carbonyl (C=O) groups excluding carboxylic acids is 1. The SMILES string of the molecule is CCCc1cc(NC(=O)C2CCCCC2C(=O)O)n[nH]1. The number of carbonyl (C=O) groups is 2. The molecule has 0 bridgehead atoms. The Balaban J connectivity index is 2.00. The van der Waals surface area contributed by atoms with Crippen molar-refractivity contribution >= 4 is 17.7 Å². The molecule has 0 aromatic carbocycles. The van der Waals surface area contributed by atoms with Crippen molar-refractivity contribution in [3.05, 3.63) is 11.8 Å². The molecule has 1 aromatic heterocycles. The molecular formula is C14H21N3O3. The average Bonchev–Trinajstić information content (AvgIpc) is 2.86. The molecule has 2 atom stereocenters. The fraction of sp³-hybridized carbons (Fsp3) is 0.643. The van der Waals surface area contributed by atoms with E-state index in [1.165, 1.54) is 0 Å². The molecule has 1 saturated carbocycles. The lowest BCUT2D eigenvalue weighted by atomic mass is 9.79. The van der Waals surface area contributed by atoms with Crippen LogP contribution in [0.25, 0.3) is 0 Å². The first kappa shape index (κ1) is 14.6. The van der Waals surface area contributed by atoms with Gasteiger partial charge in [0, 0.05) is 11.8 Å². The highest BCUT2D eigenvalue weighted by molar-refractivity contribution is 5.94. The van der Waals surface area contributed by atoms with Gasteiger partial charge in [-0.15, -0.1) is 0 Å². The Morgan fingerprint density at radius 3 is 2.75 bits per heavy atom. The van der Waals surface area contributed by atoms with E-state index in [1.807, 2.05) is 0 Å². The number of nitrogens with zero attached hydrogens (tertiary/aromatic N) is 1. The molecule has 110 valence electrons. The summed E-state index contributed by atoms with van der Waals surface area (Å²) in [4.78, 5) is 23.4. The van der Waals surface area contributed by atoms with Gasteiger partial charge in [-0.2, -0.15) is 5.10 Å². The number of rotatable bonds is 5. The number of anilines is 1. The molecule has 0 aliphatic heterocycles. The second-order valence-electron chi connectivity index (χ2n) is 5.35. The molecular weight excluding hydrogens is 258 g/mol. The van der Waals surface area contributed by atoms with E-state index < -0.39 is 17.8 Å². The highest BCUT2D eigenvalue weighted by Gasteiger charge is 2.35. The summed E-state index contributed by atoms with van der Waals surface area (Å²) in [5, 5.41) is 18.8. The maximum Gasteiger partial charge on any atom is 0.307 e. The van der Waals surface area contributed by atoms with Crippen molar-refractivity contribution in [3.63, 3.8) is 0 Å². The maximum atomic E-state index is 12.2. The summed E-state index contributed by atoms with van der Waals surface area (Å²) in [6.07, 6.45) is 4.88. The molecule has 6 nitrogen and oxygen atoms in total. The van der Waals surface area contributed by atoms with Gasteiger partial charge in [0.2, 0.25) is 5.91 Å². The van der Waals surface area contributed by atoms with Crippen molar-refractivity contribution in [1.82, 2.24) is 10.2 Å². The summed E-state index contributed by atoms with van der Waals surface area (Å²) in [6.45, 7) is 2.07. The van der Waals surface area contributed by atoms with Gasteiger partial charge in [0.15, 0.2) is 5.82 Å². The fourth-order valence-electron chi connectivity index (χ4n) is 2.78. The van der Waals surface area contributed by atoms with Crippen LogP contribution in [0.3, 0.4) is 0 Å². The minimum absolute atomic E-state index is 0.230. The summed E-state index contributed by atoms with van der Waals surface area (Å²) in [7, 11) is 0. The number of hydrogen-bond donors (Lipinski definition) is 3. The van der Waals surface area contributed by atoms with Crippen LogP contribution in [0, 0.1) is 11.8 Å². The zero-order chi connectivity index (χ0) is 14.5. The second-order valence-corrected chi connectivity index (χ2v) is 5.35. The zero-order valence-electron chi connectivity index (χ0n) is 11.7. The third kappa shape index (κ3) is 3.37. The number of carboxylic acid groups (broad SMARTS) is 1. The van der Waals surface area contributed by atoms with Gasteiger partial charge in [0.25, 0.3) is 0 Å². The predicted octanol–water partition coefficient (Wildman–Crippen LogP) is 2.19. The molecule has 2 unspecified atom stereocenters. The quantitative estimate of drug-likeness (QED) is 0.770. The smallest absolute Gasteiger partial charge is 0.307 e. The van der Waals surface area contributed by atoms with E-state index in [4.69, 9.17) is 0 Å². The van der Waals surface area contributed by atoms with Crippen LogP contribution in [-0.4, -0.2) is 27.2 Å². The van der Waals surface area contributed by atoms with Gasteiger partial charge in [-0.05, 0) is 19.3 Å². The Labute approximate surface area is 118 Å². The van der Waals surface area contributed by atoms with Crippen molar-refractivity contribution in [2.75, 3.05) is 5.32 Å². The Morgan fingerprint density at radius 1 is 1.40 bits per heavy atom. The number of H-pyrrole nitrogens is 1. The molecule has 1 amide bonds. The number of aromatic amines is 1. The van der Waals surface area contributed by atoms with Gasteiger partial charge in [-0.3, -0.25) is 14.7 Å². The van der Waals surface area contributed by atoms with Crippen molar-refractivity contribution in [1.29, 1.82) is 0 Å². The number of hydrogen-bond acceptors (Lipinski definition) is 3. The van der Waals surface area contributed by atoms with Crippen LogP contribution in [0.5, 0.6) is 0 Å². The summed E-state index contributed by atoms with van der Waals surface area (Å²) in [6, 6.07) is 1.81. The highest BCUT2D eigenvalue weighted by atomic mass is 16.4. The molecule has 20 heavy (non-hydrogen) atoms. The number of aliphatic carboxylic acids is 1. The third-order valence-corrected chi connectivity index (χ3v) is 3.82. The third-order valence-electron chi connectivity index (χ3n) is 3.82. The van der Waals surface area contributed by atoms with E-state index in [-0.39, 0.29) is 5.91 Å². The van der Waals surface area contributed by atoms with Crippen LogP contribution in [0.2, 0.25) is 0 Å². The lowest BCUT2D eigenvalue weighted by Gasteiger charge is -2.27. The van der Waals surface area contributed by atoms with E-state index in [0.717, 1.165) is 31.4 Å². The number of carboxylic acids is 1. The highest BCUT2D eigenvalue weighted by Crippen LogP contribution is 2.31. The lowest BCUT2D eigenvalue weighted by Crippen LogP contribution is -2.36. The van der Waals surface area contributed by atoms with Crippen LogP contribution < -0.4 is 5.32 Å². The van der Waals surface area contributed by atoms with Crippen LogP contribution >= 0.6 is 0 Å². The molecule has 0 saturated heterocycles. The summed E-state index contributed by atoms with van der Waals surface area (Å²) in [5.74, 6) is -1.65. The van der Waals surface area contributed by atoms with Gasteiger partial charge < -0.3 is 10.4 Å². The Bertz CT molecular complexity index is 484. The Morgan fingerprint density at radius 2 is 2.10 bits per heavy atom. The summed E-state index contributed by atoms with van der Waals surface area (Å²) >= 11 is 0. The molecule has 6 heteroatoms. The first-order valence-electron chi connectivity index (χ1n) is 7.19. The molecule has 0 radical (unpaired) electrons. The molecule has 1 aliphatic carbocycles. The van der Waals surface area contributed by atoms with Crippen molar-refractivity contribution < 1.29 is 14.7 Å². The van der Waals surface area contributed by atoms with Gasteiger partial charge >= 0.3 is 5.97 Å². The van der Waals surface area contributed by atoms with E-state index in [9.17, 15) is 14.7 Å². The van der Waals surface area contributed by atoms with Crippen LogP contribution in [0.15, 0.2) is 6.07 Å². The standard InChI is InChI=1S/C14H21N3O3/c1-2-5-9-8-12(17-16-9)15-13(18)10-6-3-4-7-11(10)14(19)20/h8,10-11H,2-7H2,1H3,(H,19,20)(H2,15,16,17,18). The number of amides is 1. The molecule has 1 fully saturated rings. The van der Waals surface area contributed by atoms with Crippen molar-refractivity contribution in [3.8, 4) is 0 Å². The molecule has 0 spiro atoms. The normalized spacial score (nSPS) is 22.4. The van der Waals surface area contributed by atoms with E-state index in [0.29, 0.717) is 18.7 Å². The topological polar surface area (TPSA) is 95.1 Å². The van der Waals surface area contributed by atoms with Crippen LogP contribution in [-0.2, 0) is 16.0 Å². The average molecular weight is 279 g/mol. The predicted molar refractivity (Wildman–Crippen MR) is 74.3 cm³/mol. The largest absolute Gasteiger partial charge is 0.481 e. The first-order valence-corrected chi connectivity index (χ1v) is 7.19. The minimum atomic E-state index is -0.876. The second kappa shape index (κ2) is 6.54. The van der Waals surface area contributed by atoms with Crippen LogP contribution in [0.4, 0.5) is 5.82 Å². The molecule has 1 aromatic rings. The van der Waals surface area contributed by atoms with Gasteiger partial charge in [0.1, 0.15) is 0 Å². The number of aryl methyl sites for hydroxylation is 1. The van der Waals surface area contributed by atoms with Gasteiger partial charge in [0.05, 0.1) is 11.8 Å². The van der Waals surface area contributed by atoms with Crippen LogP contribution in [0.1, 0.15) is 44.7 Å². The molecule has 2 rings (SSSR count). The summed E-state index contributed by atoms with van der Waals surface area (Å²) in [5.41, 5.74) is 0.973. The van der Waals surface area contributed by atoms with Gasteiger partial charge in [-0.25, -0.2) is 0 Å². The molecule has 3 N–H and O–H groups in total. The zero-order valence-corrected chi connectivity index (χ0v) is 11.7. The Kier molecular flexibility index (Phi) is 4.76. The molecule has 1 heterocycles. The monoisotopic (exact) mass is 279 g/mol. The first-order chi connectivity index (χ1) is 9.61. The summed E-state index contributed by atoms with van der Waals surface area (Å²) < 4.78 is 0. The van der Waals surface area contributed by atoms with E-state index in [1.54, 1.807) is 6.07 Å². The van der Waals surface area contributed by atoms with Crippen molar-refractivity contribution in [2.45, 2.75) is 45.4 Å².